The Labute approximate surface area is 140 Å². The third-order valence-corrected chi connectivity index (χ3v) is 9.97. The Morgan fingerprint density at radius 2 is 1.53 bits per heavy atom. The predicted molar refractivity (Wildman–Crippen MR) is 87.9 cm³/mol. The van der Waals surface area contributed by atoms with Crippen molar-refractivity contribution in [2.45, 2.75) is 60.6 Å². The van der Waals surface area contributed by atoms with Crippen LogP contribution in [0.4, 0.5) is 0 Å². The summed E-state index contributed by atoms with van der Waals surface area (Å²) in [7, 11) is 0.316. The Morgan fingerprint density at radius 1 is 1.11 bits per heavy atom. The Kier molecular flexibility index (Phi) is 8.83. The van der Waals surface area contributed by atoms with Gasteiger partial charge in [0.15, 0.2) is 0 Å². The van der Waals surface area contributed by atoms with Crippen molar-refractivity contribution in [2.75, 3.05) is 0 Å². The zero-order valence-corrected chi connectivity index (χ0v) is 18.0. The van der Waals surface area contributed by atoms with Crippen LogP contribution in [-0.4, -0.2) is 16.9 Å². The molecule has 0 aromatic rings. The molecule has 0 saturated heterocycles. The SMILES string of the molecule is CC(C)(C)N(Cl)Cl.C[SiH2][Ti][C]1=C(C)C(C)=C(C)C1C. The summed E-state index contributed by atoms with van der Waals surface area (Å²) in [5, 5.41) is 0. The van der Waals surface area contributed by atoms with Crippen LogP contribution in [0.5, 0.6) is 0 Å². The number of hydrogen-bond acceptors (Lipinski definition) is 1. The average molecular weight is 356 g/mol. The van der Waals surface area contributed by atoms with Gasteiger partial charge in [-0.2, -0.15) is 0 Å². The quantitative estimate of drug-likeness (QED) is 0.505. The topological polar surface area (TPSA) is 3.24 Å². The average Bonchev–Trinajstić information content (AvgIpc) is 2.47. The monoisotopic (exact) mass is 355 g/mol. The fraction of sp³-hybridized carbons (Fsp3) is 0.714. The van der Waals surface area contributed by atoms with Gasteiger partial charge in [-0.25, -0.2) is 0 Å². The molecule has 1 aliphatic carbocycles. The van der Waals surface area contributed by atoms with Gasteiger partial charge in [0.1, 0.15) is 0 Å². The van der Waals surface area contributed by atoms with E-state index in [9.17, 15) is 0 Å². The van der Waals surface area contributed by atoms with E-state index in [4.69, 9.17) is 23.6 Å². The van der Waals surface area contributed by atoms with E-state index in [1.54, 1.807) is 16.7 Å². The van der Waals surface area contributed by atoms with Gasteiger partial charge in [-0.05, 0) is 44.3 Å². The second kappa shape index (κ2) is 8.41. The van der Waals surface area contributed by atoms with Gasteiger partial charge in [-0.1, -0.05) is 0 Å². The summed E-state index contributed by atoms with van der Waals surface area (Å²) in [6.45, 7) is 17.5. The first-order valence-electron chi connectivity index (χ1n) is 6.78. The van der Waals surface area contributed by atoms with Gasteiger partial charge in [0.2, 0.25) is 0 Å². The molecule has 0 aliphatic heterocycles. The molecular formula is C14H27Cl2NSiTi. The van der Waals surface area contributed by atoms with Crippen molar-refractivity contribution in [3.63, 3.8) is 0 Å². The van der Waals surface area contributed by atoms with Crippen LogP contribution in [0.2, 0.25) is 6.55 Å². The zero-order chi connectivity index (χ0) is 15.4. The van der Waals surface area contributed by atoms with Gasteiger partial charge in [0, 0.05) is 5.54 Å². The normalized spacial score (nSPS) is 20.5. The van der Waals surface area contributed by atoms with Crippen LogP contribution in [0.25, 0.3) is 0 Å². The minimum atomic E-state index is -0.136. The summed E-state index contributed by atoms with van der Waals surface area (Å²) in [6.07, 6.45) is 0. The molecule has 0 heterocycles. The number of hydrogen-bond donors (Lipinski definition) is 0. The van der Waals surface area contributed by atoms with Gasteiger partial charge in [0.25, 0.3) is 0 Å². The van der Waals surface area contributed by atoms with Crippen molar-refractivity contribution < 1.29 is 18.4 Å². The van der Waals surface area contributed by atoms with Gasteiger partial charge in [0.05, 0.1) is 0 Å². The molecule has 0 radical (unpaired) electrons. The van der Waals surface area contributed by atoms with E-state index in [1.807, 2.05) is 24.6 Å². The summed E-state index contributed by atoms with van der Waals surface area (Å²) >= 11 is 11.0. The summed E-state index contributed by atoms with van der Waals surface area (Å²) in [4.78, 5) is 0. The van der Waals surface area contributed by atoms with Crippen molar-refractivity contribution in [1.29, 1.82) is 0 Å². The Bertz CT molecular complexity index is 370. The standard InChI is InChI=1S/C9H13.C4H9Cl2N.CH5Si.Ti/c1-6-5-7(2)9(4)8(6)3;1-4(2,3)7(5)6;1-2;/h6H,1-4H3;1-3H3;2H2,1H3;. The molecule has 1 atom stereocenters. The molecular weight excluding hydrogens is 329 g/mol. The third-order valence-electron chi connectivity index (χ3n) is 3.51. The van der Waals surface area contributed by atoms with Crippen LogP contribution in [0.15, 0.2) is 20.6 Å². The molecule has 0 saturated carbocycles. The molecule has 0 amide bonds. The van der Waals surface area contributed by atoms with Crippen LogP contribution in [0, 0.1) is 5.92 Å². The molecule has 0 aromatic heterocycles. The predicted octanol–water partition coefficient (Wildman–Crippen LogP) is 4.86. The Balaban J connectivity index is 0.000000399. The first kappa shape index (κ1) is 20.0. The van der Waals surface area contributed by atoms with Crippen molar-refractivity contribution >= 4 is 30.9 Å². The van der Waals surface area contributed by atoms with Crippen molar-refractivity contribution in [3.05, 3.63) is 20.6 Å². The maximum absolute atomic E-state index is 5.35. The number of rotatable bonds is 2. The minimum absolute atomic E-state index is 0.136. The summed E-state index contributed by atoms with van der Waals surface area (Å²) in [5.74, 6) is 0.803. The van der Waals surface area contributed by atoms with Gasteiger partial charge in [-0.15, -0.1) is 3.94 Å². The molecule has 0 N–H and O–H groups in total. The van der Waals surface area contributed by atoms with E-state index in [0.29, 0.717) is 25.8 Å². The van der Waals surface area contributed by atoms with Crippen LogP contribution in [-0.2, 0) is 18.4 Å². The maximum atomic E-state index is 5.35. The molecule has 0 bridgehead atoms. The number of nitrogens with zero attached hydrogens (tertiary/aromatic N) is 1. The summed E-state index contributed by atoms with van der Waals surface area (Å²) in [6, 6.07) is 0. The van der Waals surface area contributed by atoms with E-state index in [2.05, 4.69) is 34.2 Å². The first-order chi connectivity index (χ1) is 8.53. The number of halogens is 2. The molecule has 1 unspecified atom stereocenters. The van der Waals surface area contributed by atoms with Gasteiger partial charge < -0.3 is 0 Å². The molecule has 1 rings (SSSR count). The van der Waals surface area contributed by atoms with Crippen molar-refractivity contribution in [1.82, 2.24) is 3.94 Å². The number of allylic oxidation sites excluding steroid dienone is 4. The van der Waals surface area contributed by atoms with E-state index < -0.39 is 0 Å². The Morgan fingerprint density at radius 3 is 1.74 bits per heavy atom. The molecule has 19 heavy (non-hydrogen) atoms. The van der Waals surface area contributed by atoms with Gasteiger partial charge >= 0.3 is 86.6 Å². The fourth-order valence-electron chi connectivity index (χ4n) is 1.84. The second-order valence-corrected chi connectivity index (χ2v) is 13.7. The van der Waals surface area contributed by atoms with Crippen molar-refractivity contribution in [3.8, 4) is 0 Å². The molecule has 0 spiro atoms. The molecule has 1 aliphatic rings. The van der Waals surface area contributed by atoms with Gasteiger partial charge in [-0.3, -0.25) is 0 Å². The van der Waals surface area contributed by atoms with E-state index >= 15 is 0 Å². The van der Waals surface area contributed by atoms with Crippen LogP contribution < -0.4 is 0 Å². The zero-order valence-electron chi connectivity index (χ0n) is 13.5. The van der Waals surface area contributed by atoms with Crippen LogP contribution in [0.1, 0.15) is 48.5 Å². The van der Waals surface area contributed by atoms with E-state index in [-0.39, 0.29) is 5.54 Å². The third kappa shape index (κ3) is 6.07. The second-order valence-electron chi connectivity index (χ2n) is 6.00. The molecule has 0 fully saturated rings. The first-order valence-corrected chi connectivity index (χ1v) is 13.7. The molecule has 0 aromatic carbocycles. The van der Waals surface area contributed by atoms with E-state index in [1.165, 1.54) is 0 Å². The fourth-order valence-corrected chi connectivity index (χ4v) is 7.88. The van der Waals surface area contributed by atoms with Crippen LogP contribution in [0.3, 0.4) is 0 Å². The molecule has 1 nitrogen and oxygen atoms in total. The Hall–Kier alpha value is 0.951. The van der Waals surface area contributed by atoms with Crippen molar-refractivity contribution in [2.24, 2.45) is 5.92 Å². The van der Waals surface area contributed by atoms with Crippen LogP contribution >= 0.6 is 23.6 Å². The van der Waals surface area contributed by atoms with E-state index in [0.717, 1.165) is 9.86 Å². The molecule has 5 heteroatoms. The molecule has 110 valence electrons. The summed E-state index contributed by atoms with van der Waals surface area (Å²) < 4.78 is 2.99. The summed E-state index contributed by atoms with van der Waals surface area (Å²) in [5.41, 5.74) is 4.73.